The molecule has 2 amide bonds. The van der Waals surface area contributed by atoms with Crippen molar-refractivity contribution >= 4 is 11.8 Å². The first-order valence-electron chi connectivity index (χ1n) is 9.93. The van der Waals surface area contributed by atoms with E-state index in [0.717, 1.165) is 30.5 Å². The average molecular weight is 416 g/mol. The summed E-state index contributed by atoms with van der Waals surface area (Å²) in [6.45, 7) is 3.31. The fraction of sp³-hybridized carbons (Fsp3) is 0.364. The third-order valence-corrected chi connectivity index (χ3v) is 5.15. The van der Waals surface area contributed by atoms with Crippen LogP contribution in [0.4, 0.5) is 4.39 Å². The van der Waals surface area contributed by atoms with Gasteiger partial charge in [-0.2, -0.15) is 0 Å². The van der Waals surface area contributed by atoms with E-state index in [1.165, 1.54) is 23.1 Å². The maximum Gasteiger partial charge on any atom is 0.251 e. The molecule has 3 rings (SSSR count). The van der Waals surface area contributed by atoms with Gasteiger partial charge in [0.15, 0.2) is 0 Å². The quantitative estimate of drug-likeness (QED) is 0.580. The van der Waals surface area contributed by atoms with Crippen LogP contribution in [0.3, 0.4) is 0 Å². The van der Waals surface area contributed by atoms with E-state index in [-0.39, 0.29) is 24.1 Å². The van der Waals surface area contributed by atoms with Crippen LogP contribution in [0.25, 0.3) is 0 Å². The Morgan fingerprint density at radius 2 is 1.87 bits per heavy atom. The smallest absolute Gasteiger partial charge is 0.251 e. The van der Waals surface area contributed by atoms with Crippen LogP contribution >= 0.6 is 0 Å². The molecule has 1 aliphatic rings. The van der Waals surface area contributed by atoms with E-state index < -0.39 is 11.7 Å². The third-order valence-electron chi connectivity index (χ3n) is 5.15. The zero-order valence-corrected chi connectivity index (χ0v) is 16.9. The van der Waals surface area contributed by atoms with Crippen LogP contribution in [0.15, 0.2) is 48.5 Å². The Balaban J connectivity index is 1.57. The van der Waals surface area contributed by atoms with Crippen molar-refractivity contribution in [3.05, 3.63) is 65.5 Å². The Bertz CT molecular complexity index is 854. The molecule has 7 nitrogen and oxygen atoms in total. The zero-order chi connectivity index (χ0) is 21.3. The highest BCUT2D eigenvalue weighted by molar-refractivity contribution is 5.96. The largest absolute Gasteiger partial charge is 0.497 e. The number of methoxy groups -OCH3 is 1. The van der Waals surface area contributed by atoms with Gasteiger partial charge in [-0.3, -0.25) is 9.59 Å². The molecular weight excluding hydrogens is 389 g/mol. The second-order valence-corrected chi connectivity index (χ2v) is 7.09. The highest BCUT2D eigenvalue weighted by Gasteiger charge is 2.27. The summed E-state index contributed by atoms with van der Waals surface area (Å²) in [6, 6.07) is 13.2. The Labute approximate surface area is 175 Å². The molecule has 160 valence electrons. The van der Waals surface area contributed by atoms with Gasteiger partial charge >= 0.3 is 0 Å². The number of carbonyl (C=O) groups is 2. The van der Waals surface area contributed by atoms with E-state index in [1.54, 1.807) is 7.11 Å². The predicted octanol–water partition coefficient (Wildman–Crippen LogP) is 0.337. The van der Waals surface area contributed by atoms with Crippen molar-refractivity contribution in [2.24, 2.45) is 0 Å². The summed E-state index contributed by atoms with van der Waals surface area (Å²) in [6.07, 6.45) is 0. The van der Waals surface area contributed by atoms with Crippen molar-refractivity contribution in [3.8, 4) is 5.75 Å². The lowest BCUT2D eigenvalue weighted by molar-refractivity contribution is -0.937. The number of quaternary nitrogens is 1. The number of carbonyl (C=O) groups excluding carboxylic acids is 2. The molecule has 2 aromatic carbocycles. The van der Waals surface area contributed by atoms with Crippen LogP contribution in [0, 0.1) is 5.82 Å². The lowest BCUT2D eigenvalue weighted by Gasteiger charge is -2.32. The van der Waals surface area contributed by atoms with Crippen molar-refractivity contribution in [1.82, 2.24) is 10.6 Å². The lowest BCUT2D eigenvalue weighted by Crippen LogP contribution is -3.15. The molecule has 30 heavy (non-hydrogen) atoms. The molecule has 0 aromatic heterocycles. The van der Waals surface area contributed by atoms with Gasteiger partial charge in [0.1, 0.15) is 30.7 Å². The SMILES string of the molecule is COc1ccc([C@H](CNC(=O)CNC(=O)c2cccc(F)c2)[NH+]2CCOCC2)cc1. The summed E-state index contributed by atoms with van der Waals surface area (Å²) in [5.41, 5.74) is 1.27. The van der Waals surface area contributed by atoms with Crippen molar-refractivity contribution < 1.29 is 28.4 Å². The van der Waals surface area contributed by atoms with Crippen molar-refractivity contribution in [1.29, 1.82) is 0 Å². The van der Waals surface area contributed by atoms with Gasteiger partial charge < -0.3 is 25.0 Å². The van der Waals surface area contributed by atoms with Gasteiger partial charge in [0.25, 0.3) is 5.91 Å². The first-order valence-corrected chi connectivity index (χ1v) is 9.93. The summed E-state index contributed by atoms with van der Waals surface area (Å²) < 4.78 is 23.9. The van der Waals surface area contributed by atoms with Crippen LogP contribution in [0.2, 0.25) is 0 Å². The molecule has 0 aliphatic carbocycles. The molecule has 1 atom stereocenters. The minimum absolute atomic E-state index is 0.0580. The van der Waals surface area contributed by atoms with Gasteiger partial charge in [-0.15, -0.1) is 0 Å². The van der Waals surface area contributed by atoms with E-state index in [1.807, 2.05) is 24.3 Å². The molecule has 0 spiro atoms. The molecule has 0 bridgehead atoms. The highest BCUT2D eigenvalue weighted by atomic mass is 19.1. The number of nitrogens with one attached hydrogen (secondary N) is 3. The minimum atomic E-state index is -0.497. The molecule has 0 saturated carbocycles. The molecule has 0 radical (unpaired) electrons. The summed E-state index contributed by atoms with van der Waals surface area (Å²) in [7, 11) is 1.62. The number of hydrogen-bond donors (Lipinski definition) is 3. The van der Waals surface area contributed by atoms with E-state index in [0.29, 0.717) is 19.8 Å². The van der Waals surface area contributed by atoms with E-state index in [2.05, 4.69) is 10.6 Å². The van der Waals surface area contributed by atoms with Gasteiger partial charge in [-0.05, 0) is 42.5 Å². The van der Waals surface area contributed by atoms with Crippen LogP contribution in [0.1, 0.15) is 22.0 Å². The van der Waals surface area contributed by atoms with Crippen LogP contribution in [-0.2, 0) is 9.53 Å². The fourth-order valence-corrected chi connectivity index (χ4v) is 3.49. The summed E-state index contributed by atoms with van der Waals surface area (Å²) >= 11 is 0. The van der Waals surface area contributed by atoms with E-state index >= 15 is 0 Å². The number of ether oxygens (including phenoxy) is 2. The maximum atomic E-state index is 13.2. The molecule has 1 fully saturated rings. The number of hydrogen-bond acceptors (Lipinski definition) is 4. The lowest BCUT2D eigenvalue weighted by atomic mass is 10.0. The summed E-state index contributed by atoms with van der Waals surface area (Å²) in [5.74, 6) is -0.512. The Morgan fingerprint density at radius 3 is 2.53 bits per heavy atom. The van der Waals surface area contributed by atoms with Crippen LogP contribution in [0.5, 0.6) is 5.75 Å². The van der Waals surface area contributed by atoms with Gasteiger partial charge in [0, 0.05) is 11.1 Å². The molecule has 3 N–H and O–H groups in total. The van der Waals surface area contributed by atoms with Gasteiger partial charge in [-0.1, -0.05) is 6.07 Å². The van der Waals surface area contributed by atoms with E-state index in [9.17, 15) is 14.0 Å². The van der Waals surface area contributed by atoms with Gasteiger partial charge in [0.05, 0.1) is 33.4 Å². The topological polar surface area (TPSA) is 81.1 Å². The standard InChI is InChI=1S/C22H26FN3O4/c1-29-19-7-5-16(6-8-19)20(26-9-11-30-12-10-26)14-24-21(27)15-25-22(28)17-3-2-4-18(23)13-17/h2-8,13,20H,9-12,14-15H2,1H3,(H,24,27)(H,25,28)/p+1/t20-/m0/s1. The monoisotopic (exact) mass is 416 g/mol. The molecule has 2 aromatic rings. The minimum Gasteiger partial charge on any atom is -0.497 e. The first kappa shape index (κ1) is 21.7. The number of amides is 2. The molecule has 0 unspecified atom stereocenters. The third kappa shape index (κ3) is 6.01. The fourth-order valence-electron chi connectivity index (χ4n) is 3.49. The number of halogens is 1. The molecule has 1 saturated heterocycles. The number of morpholine rings is 1. The van der Waals surface area contributed by atoms with Crippen molar-refractivity contribution in [2.75, 3.05) is 46.5 Å². The second kappa shape index (κ2) is 10.7. The maximum absolute atomic E-state index is 13.2. The molecule has 1 heterocycles. The normalized spacial score (nSPS) is 15.3. The second-order valence-electron chi connectivity index (χ2n) is 7.09. The van der Waals surface area contributed by atoms with E-state index in [4.69, 9.17) is 9.47 Å². The average Bonchev–Trinajstić information content (AvgIpc) is 2.78. The molecule has 1 aliphatic heterocycles. The Kier molecular flexibility index (Phi) is 7.75. The zero-order valence-electron chi connectivity index (χ0n) is 16.9. The number of rotatable bonds is 8. The Hall–Kier alpha value is -2.97. The van der Waals surface area contributed by atoms with Gasteiger partial charge in [0.2, 0.25) is 5.91 Å². The Morgan fingerprint density at radius 1 is 1.13 bits per heavy atom. The van der Waals surface area contributed by atoms with Crippen molar-refractivity contribution in [3.63, 3.8) is 0 Å². The first-order chi connectivity index (χ1) is 14.6. The van der Waals surface area contributed by atoms with Gasteiger partial charge in [-0.25, -0.2) is 4.39 Å². The highest BCUT2D eigenvalue weighted by Crippen LogP contribution is 2.16. The summed E-state index contributed by atoms with van der Waals surface area (Å²) in [5, 5.41) is 5.43. The van der Waals surface area contributed by atoms with Crippen LogP contribution < -0.4 is 20.3 Å². The predicted molar refractivity (Wildman–Crippen MR) is 109 cm³/mol. The van der Waals surface area contributed by atoms with Crippen LogP contribution in [-0.4, -0.2) is 58.3 Å². The summed E-state index contributed by atoms with van der Waals surface area (Å²) in [4.78, 5) is 25.7. The molecule has 8 heteroatoms. The van der Waals surface area contributed by atoms with Crippen molar-refractivity contribution in [2.45, 2.75) is 6.04 Å². The number of benzene rings is 2. The molecular formula is C22H27FN3O4+.